The normalized spacial score (nSPS) is 13.0. The molecular weight excluding hydrogens is 395 g/mol. The summed E-state index contributed by atoms with van der Waals surface area (Å²) in [5.74, 6) is 0.606. The number of ketones is 1. The Kier molecular flexibility index (Phi) is 6.84. The highest BCUT2D eigenvalue weighted by atomic mass is 19.1. The smallest absolute Gasteiger partial charge is 0.212 e. The number of alkyl halides is 1. The lowest BCUT2D eigenvalue weighted by Gasteiger charge is -2.13. The van der Waals surface area contributed by atoms with Gasteiger partial charge in [-0.1, -0.05) is 18.2 Å². The van der Waals surface area contributed by atoms with Gasteiger partial charge in [0.2, 0.25) is 6.41 Å². The number of pyridine rings is 1. The van der Waals surface area contributed by atoms with Crippen molar-refractivity contribution < 1.29 is 14.0 Å². The molecular formula is C24H27FN4O2. The summed E-state index contributed by atoms with van der Waals surface area (Å²) in [7, 11) is 0. The molecule has 6 nitrogen and oxygen atoms in total. The van der Waals surface area contributed by atoms with E-state index in [0.717, 1.165) is 46.7 Å². The third-order valence-corrected chi connectivity index (χ3v) is 4.49. The van der Waals surface area contributed by atoms with Crippen LogP contribution < -0.4 is 10.6 Å². The first-order valence-corrected chi connectivity index (χ1v) is 10.2. The number of fused-ring (bicyclic) bond motifs is 1. The Hall–Kier alpha value is -3.48. The minimum atomic E-state index is -1.00. The molecule has 0 fully saturated rings. The van der Waals surface area contributed by atoms with Gasteiger partial charge in [-0.2, -0.15) is 0 Å². The maximum atomic E-state index is 12.6. The van der Waals surface area contributed by atoms with Crippen molar-refractivity contribution in [3.63, 3.8) is 0 Å². The zero-order valence-corrected chi connectivity index (χ0v) is 18.0. The number of rotatable bonds is 5. The van der Waals surface area contributed by atoms with Crippen LogP contribution in [0.15, 0.2) is 48.7 Å². The van der Waals surface area contributed by atoms with E-state index in [4.69, 9.17) is 0 Å². The Labute approximate surface area is 181 Å². The van der Waals surface area contributed by atoms with Gasteiger partial charge in [-0.05, 0) is 57.9 Å². The predicted octanol–water partition coefficient (Wildman–Crippen LogP) is 5.66. The molecule has 7 heteroatoms. The average Bonchev–Trinajstić information content (AvgIpc) is 3.08. The molecule has 0 radical (unpaired) electrons. The summed E-state index contributed by atoms with van der Waals surface area (Å²) >= 11 is 0. The second-order valence-electron chi connectivity index (χ2n) is 8.26. The number of aryl methyl sites for hydroxylation is 1. The van der Waals surface area contributed by atoms with E-state index in [9.17, 15) is 14.0 Å². The van der Waals surface area contributed by atoms with Crippen molar-refractivity contribution in [3.8, 4) is 11.3 Å². The molecule has 0 saturated carbocycles. The van der Waals surface area contributed by atoms with E-state index >= 15 is 0 Å². The molecule has 31 heavy (non-hydrogen) atoms. The van der Waals surface area contributed by atoms with Crippen LogP contribution in [0, 0.1) is 0 Å². The first-order valence-electron chi connectivity index (χ1n) is 10.2. The lowest BCUT2D eigenvalue weighted by molar-refractivity contribution is -0.105. The van der Waals surface area contributed by atoms with Crippen molar-refractivity contribution in [2.45, 2.75) is 45.7 Å². The molecule has 1 aromatic carbocycles. The second kappa shape index (κ2) is 9.55. The molecule has 1 aliphatic carbocycles. The number of para-hydroxylation sites is 1. The van der Waals surface area contributed by atoms with Crippen molar-refractivity contribution in [1.29, 1.82) is 0 Å². The van der Waals surface area contributed by atoms with E-state index in [-0.39, 0.29) is 5.78 Å². The van der Waals surface area contributed by atoms with E-state index in [2.05, 4.69) is 20.6 Å². The highest BCUT2D eigenvalue weighted by molar-refractivity contribution is 6.07. The fourth-order valence-electron chi connectivity index (χ4n) is 3.33. The second-order valence-corrected chi connectivity index (χ2v) is 8.26. The van der Waals surface area contributed by atoms with Crippen molar-refractivity contribution in [2.75, 3.05) is 10.6 Å². The number of benzene rings is 1. The Bertz CT molecular complexity index is 1050. The number of nitrogens with zero attached hydrogens (tertiary/aromatic N) is 1. The topological polar surface area (TPSA) is 86.9 Å². The third-order valence-electron chi connectivity index (χ3n) is 4.49. The van der Waals surface area contributed by atoms with Crippen LogP contribution in [-0.4, -0.2) is 27.8 Å². The first kappa shape index (κ1) is 22.2. The fourth-order valence-corrected chi connectivity index (χ4v) is 3.33. The van der Waals surface area contributed by atoms with Crippen molar-refractivity contribution >= 4 is 29.4 Å². The Morgan fingerprint density at radius 1 is 1.13 bits per heavy atom. The summed E-state index contributed by atoms with van der Waals surface area (Å²) in [6.45, 7) is 4.56. The van der Waals surface area contributed by atoms with Crippen molar-refractivity contribution in [2.24, 2.45) is 0 Å². The zero-order chi connectivity index (χ0) is 22.4. The number of aromatic nitrogens is 2. The number of nitrogens with one attached hydrogen (secondary N) is 3. The average molecular weight is 423 g/mol. The first-order chi connectivity index (χ1) is 14.8. The zero-order valence-electron chi connectivity index (χ0n) is 18.0. The van der Waals surface area contributed by atoms with E-state index in [1.165, 1.54) is 20.8 Å². The van der Waals surface area contributed by atoms with Crippen LogP contribution in [0.1, 0.15) is 49.7 Å². The van der Waals surface area contributed by atoms with Gasteiger partial charge in [0.1, 0.15) is 11.5 Å². The number of H-pyrrole nitrogens is 1. The van der Waals surface area contributed by atoms with E-state index in [1.54, 1.807) is 12.3 Å². The molecule has 2 heterocycles. The maximum Gasteiger partial charge on any atom is 0.212 e. The standard InChI is InChI=1S/C20H18N4O2.C4H9F/c25-12-22-17-11-13(9-10-21-17)19-20(23-14-5-2-1-3-6-14)18-15(24-19)7-4-8-16(18)26;1-4(2,3)5/h1-3,5-6,9-12,23-24H,4,7-8H2,(H,21,22,25);1-3H3. The summed E-state index contributed by atoms with van der Waals surface area (Å²) in [4.78, 5) is 30.8. The van der Waals surface area contributed by atoms with Crippen molar-refractivity contribution in [1.82, 2.24) is 9.97 Å². The molecule has 3 N–H and O–H groups in total. The number of carbonyl (C=O) groups is 2. The third kappa shape index (κ3) is 6.01. The van der Waals surface area contributed by atoms with Crippen LogP contribution in [0.3, 0.4) is 0 Å². The van der Waals surface area contributed by atoms with Crippen LogP contribution in [0.5, 0.6) is 0 Å². The molecule has 0 bridgehead atoms. The summed E-state index contributed by atoms with van der Waals surface area (Å²) in [5, 5.41) is 5.96. The number of Topliss-reactive ketones (excluding diaryl/α,β-unsaturated/α-hetero) is 1. The van der Waals surface area contributed by atoms with Gasteiger partial charge < -0.3 is 15.6 Å². The van der Waals surface area contributed by atoms with Gasteiger partial charge in [0.15, 0.2) is 5.78 Å². The molecule has 4 rings (SSSR count). The summed E-state index contributed by atoms with van der Waals surface area (Å²) in [5.41, 5.74) is 4.05. The summed E-state index contributed by atoms with van der Waals surface area (Å²) in [6, 6.07) is 13.4. The van der Waals surface area contributed by atoms with Crippen LogP contribution in [0.2, 0.25) is 0 Å². The molecule has 1 aliphatic rings. The number of anilines is 3. The van der Waals surface area contributed by atoms with Gasteiger partial charge in [-0.15, -0.1) is 0 Å². The quantitative estimate of drug-likeness (QED) is 0.463. The van der Waals surface area contributed by atoms with Crippen molar-refractivity contribution in [3.05, 3.63) is 59.9 Å². The van der Waals surface area contributed by atoms with Crippen LogP contribution in [0.25, 0.3) is 11.3 Å². The predicted molar refractivity (Wildman–Crippen MR) is 122 cm³/mol. The molecule has 162 valence electrons. The molecule has 0 unspecified atom stereocenters. The number of hydrogen-bond acceptors (Lipinski definition) is 4. The molecule has 0 atom stereocenters. The van der Waals surface area contributed by atoms with E-state index in [1.807, 2.05) is 36.4 Å². The van der Waals surface area contributed by atoms with Gasteiger partial charge >= 0.3 is 0 Å². The molecule has 0 spiro atoms. The number of aromatic amines is 1. The molecule has 3 aromatic rings. The largest absolute Gasteiger partial charge is 0.356 e. The number of amides is 1. The van der Waals surface area contributed by atoms with Crippen LogP contribution in [0.4, 0.5) is 21.6 Å². The Morgan fingerprint density at radius 2 is 1.84 bits per heavy atom. The van der Waals surface area contributed by atoms with E-state index in [0.29, 0.717) is 18.6 Å². The fraction of sp³-hybridized carbons (Fsp3) is 0.292. The summed E-state index contributed by atoms with van der Waals surface area (Å²) < 4.78 is 11.7. The minimum absolute atomic E-state index is 0.146. The number of halogens is 1. The molecule has 2 aromatic heterocycles. The minimum Gasteiger partial charge on any atom is -0.356 e. The number of carbonyl (C=O) groups excluding carboxylic acids is 2. The Morgan fingerprint density at radius 3 is 2.52 bits per heavy atom. The highest BCUT2D eigenvalue weighted by Gasteiger charge is 2.27. The molecule has 0 aliphatic heterocycles. The molecule has 1 amide bonds. The van der Waals surface area contributed by atoms with Gasteiger partial charge in [-0.25, -0.2) is 9.37 Å². The molecule has 0 saturated heterocycles. The van der Waals surface area contributed by atoms with Crippen LogP contribution in [-0.2, 0) is 11.2 Å². The van der Waals surface area contributed by atoms with Gasteiger partial charge in [0.25, 0.3) is 0 Å². The SMILES string of the molecule is CC(C)(C)F.O=CNc1cc(-c2[nH]c3c(c2Nc2ccccc2)C(=O)CCC3)ccn1. The van der Waals surface area contributed by atoms with Gasteiger partial charge in [-0.3, -0.25) is 9.59 Å². The summed E-state index contributed by atoms with van der Waals surface area (Å²) in [6.07, 6.45) is 4.48. The lowest BCUT2D eigenvalue weighted by Crippen LogP contribution is -2.10. The Balaban J connectivity index is 0.000000491. The van der Waals surface area contributed by atoms with Crippen LogP contribution >= 0.6 is 0 Å². The van der Waals surface area contributed by atoms with Gasteiger partial charge in [0, 0.05) is 29.6 Å². The number of hydrogen-bond donors (Lipinski definition) is 3. The van der Waals surface area contributed by atoms with E-state index < -0.39 is 5.67 Å². The monoisotopic (exact) mass is 422 g/mol. The van der Waals surface area contributed by atoms with Gasteiger partial charge in [0.05, 0.1) is 16.9 Å². The maximum absolute atomic E-state index is 12.6. The highest BCUT2D eigenvalue weighted by Crippen LogP contribution is 2.39. The lowest BCUT2D eigenvalue weighted by atomic mass is 9.95.